The molecule has 1 aromatic carbocycles. The van der Waals surface area contributed by atoms with Crippen LogP contribution >= 0.6 is 12.2 Å². The van der Waals surface area contributed by atoms with Crippen molar-refractivity contribution < 1.29 is 5.11 Å². The molecule has 110 valence electrons. The number of rotatable bonds is 6. The summed E-state index contributed by atoms with van der Waals surface area (Å²) >= 11 is 5.26. The zero-order chi connectivity index (χ0) is 14.9. The molecule has 0 aliphatic heterocycles. The Morgan fingerprint density at radius 1 is 1.19 bits per heavy atom. The van der Waals surface area contributed by atoms with Gasteiger partial charge in [-0.1, -0.05) is 36.4 Å². The Morgan fingerprint density at radius 3 is 2.67 bits per heavy atom. The van der Waals surface area contributed by atoms with E-state index in [-0.39, 0.29) is 12.6 Å². The first-order valence-electron chi connectivity index (χ1n) is 6.88. The summed E-state index contributed by atoms with van der Waals surface area (Å²) in [6.45, 7) is 0.495. The Morgan fingerprint density at radius 2 is 2.00 bits per heavy atom. The minimum Gasteiger partial charge on any atom is -0.395 e. The summed E-state index contributed by atoms with van der Waals surface area (Å²) in [5.41, 5.74) is 2.30. The zero-order valence-corrected chi connectivity index (χ0v) is 12.5. The molecule has 2 aromatic rings. The fourth-order valence-corrected chi connectivity index (χ4v) is 2.31. The Hall–Kier alpha value is -1.98. The van der Waals surface area contributed by atoms with Gasteiger partial charge in [-0.2, -0.15) is 0 Å². The standard InChI is InChI=1S/C16H19N3OS/c20-10-9-18-16(21)19-15(14-7-4-8-17-12-14)11-13-5-2-1-3-6-13/h1-8,12,15,20H,9-11H2,(H2,18,19,21). The molecule has 0 fully saturated rings. The van der Waals surface area contributed by atoms with Gasteiger partial charge in [0.2, 0.25) is 0 Å². The van der Waals surface area contributed by atoms with Crippen molar-refractivity contribution in [2.75, 3.05) is 13.2 Å². The Labute approximate surface area is 130 Å². The molecule has 1 heterocycles. The highest BCUT2D eigenvalue weighted by Crippen LogP contribution is 2.17. The number of nitrogens with one attached hydrogen (secondary N) is 2. The zero-order valence-electron chi connectivity index (χ0n) is 11.7. The van der Waals surface area contributed by atoms with Crippen LogP contribution in [0.2, 0.25) is 0 Å². The Kier molecular flexibility index (Phi) is 6.12. The van der Waals surface area contributed by atoms with Gasteiger partial charge in [0.15, 0.2) is 5.11 Å². The van der Waals surface area contributed by atoms with E-state index in [0.717, 1.165) is 12.0 Å². The van der Waals surface area contributed by atoms with E-state index >= 15 is 0 Å². The molecule has 4 nitrogen and oxygen atoms in total. The summed E-state index contributed by atoms with van der Waals surface area (Å²) in [6.07, 6.45) is 4.41. The second-order valence-corrected chi connectivity index (χ2v) is 5.06. The van der Waals surface area contributed by atoms with Crippen LogP contribution in [0.25, 0.3) is 0 Å². The largest absolute Gasteiger partial charge is 0.395 e. The van der Waals surface area contributed by atoms with Gasteiger partial charge in [-0.3, -0.25) is 4.98 Å². The molecule has 3 N–H and O–H groups in total. The molecule has 5 heteroatoms. The van der Waals surface area contributed by atoms with Crippen LogP contribution in [0.5, 0.6) is 0 Å². The monoisotopic (exact) mass is 301 g/mol. The molecule has 0 saturated carbocycles. The van der Waals surface area contributed by atoms with Crippen LogP contribution in [0.15, 0.2) is 54.9 Å². The molecule has 0 saturated heterocycles. The van der Waals surface area contributed by atoms with E-state index in [1.54, 1.807) is 6.20 Å². The minimum atomic E-state index is 0.0415. The molecule has 0 bridgehead atoms. The van der Waals surface area contributed by atoms with E-state index in [0.29, 0.717) is 11.7 Å². The van der Waals surface area contributed by atoms with Gasteiger partial charge in [0.25, 0.3) is 0 Å². The van der Waals surface area contributed by atoms with Gasteiger partial charge in [0, 0.05) is 18.9 Å². The molecule has 0 aliphatic rings. The normalized spacial score (nSPS) is 11.7. The molecular formula is C16H19N3OS. The number of aliphatic hydroxyl groups is 1. The van der Waals surface area contributed by atoms with Gasteiger partial charge in [-0.25, -0.2) is 0 Å². The lowest BCUT2D eigenvalue weighted by atomic mass is 10.0. The average Bonchev–Trinajstić information content (AvgIpc) is 2.54. The number of benzene rings is 1. The molecule has 0 spiro atoms. The third-order valence-corrected chi connectivity index (χ3v) is 3.33. The molecule has 1 unspecified atom stereocenters. The number of hydrogen-bond acceptors (Lipinski definition) is 3. The maximum absolute atomic E-state index is 8.84. The van der Waals surface area contributed by atoms with Crippen molar-refractivity contribution in [3.63, 3.8) is 0 Å². The van der Waals surface area contributed by atoms with Crippen molar-refractivity contribution in [2.24, 2.45) is 0 Å². The van der Waals surface area contributed by atoms with Crippen molar-refractivity contribution in [3.05, 3.63) is 66.0 Å². The molecule has 1 aromatic heterocycles. The van der Waals surface area contributed by atoms with Gasteiger partial charge < -0.3 is 15.7 Å². The molecule has 0 aliphatic carbocycles. The highest BCUT2D eigenvalue weighted by Gasteiger charge is 2.13. The van der Waals surface area contributed by atoms with Crippen molar-refractivity contribution in [2.45, 2.75) is 12.5 Å². The third-order valence-electron chi connectivity index (χ3n) is 3.07. The van der Waals surface area contributed by atoms with Crippen LogP contribution in [0.1, 0.15) is 17.2 Å². The Bertz CT molecular complexity index is 548. The van der Waals surface area contributed by atoms with Gasteiger partial charge in [-0.05, 0) is 35.8 Å². The lowest BCUT2D eigenvalue weighted by Gasteiger charge is -2.21. The number of hydrogen-bond donors (Lipinski definition) is 3. The molecule has 2 rings (SSSR count). The van der Waals surface area contributed by atoms with Crippen LogP contribution in [0, 0.1) is 0 Å². The second kappa shape index (κ2) is 8.34. The third kappa shape index (κ3) is 5.13. The van der Waals surface area contributed by atoms with Crippen molar-refractivity contribution in [1.82, 2.24) is 15.6 Å². The summed E-state index contributed by atoms with van der Waals surface area (Å²) in [5, 5.41) is 15.6. The Balaban J connectivity index is 2.09. The SMILES string of the molecule is OCCNC(=S)NC(Cc1ccccc1)c1cccnc1. The van der Waals surface area contributed by atoms with Crippen LogP contribution in [0.4, 0.5) is 0 Å². The first-order valence-corrected chi connectivity index (χ1v) is 7.29. The number of aliphatic hydroxyl groups excluding tert-OH is 1. The highest BCUT2D eigenvalue weighted by atomic mass is 32.1. The van der Waals surface area contributed by atoms with Gasteiger partial charge >= 0.3 is 0 Å². The molecule has 0 amide bonds. The van der Waals surface area contributed by atoms with Gasteiger partial charge in [0.05, 0.1) is 12.6 Å². The fourth-order valence-electron chi connectivity index (χ4n) is 2.06. The summed E-state index contributed by atoms with van der Waals surface area (Å²) < 4.78 is 0. The predicted octanol–water partition coefficient (Wildman–Crippen LogP) is 1.82. The molecule has 0 radical (unpaired) electrons. The van der Waals surface area contributed by atoms with Crippen LogP contribution in [0.3, 0.4) is 0 Å². The van der Waals surface area contributed by atoms with Gasteiger partial charge in [-0.15, -0.1) is 0 Å². The first-order chi connectivity index (χ1) is 10.3. The van der Waals surface area contributed by atoms with Gasteiger partial charge in [0.1, 0.15) is 0 Å². The quantitative estimate of drug-likeness (QED) is 0.711. The maximum Gasteiger partial charge on any atom is 0.166 e. The molecule has 1 atom stereocenters. The van der Waals surface area contributed by atoms with Crippen molar-refractivity contribution in [1.29, 1.82) is 0 Å². The maximum atomic E-state index is 8.84. The number of nitrogens with zero attached hydrogens (tertiary/aromatic N) is 1. The molecule has 21 heavy (non-hydrogen) atoms. The molecular weight excluding hydrogens is 282 g/mol. The smallest absolute Gasteiger partial charge is 0.166 e. The first kappa shape index (κ1) is 15.4. The summed E-state index contributed by atoms with van der Waals surface area (Å²) in [7, 11) is 0. The van der Waals surface area contributed by atoms with Crippen molar-refractivity contribution in [3.8, 4) is 0 Å². The lowest BCUT2D eigenvalue weighted by molar-refractivity contribution is 0.300. The highest BCUT2D eigenvalue weighted by molar-refractivity contribution is 7.80. The van der Waals surface area contributed by atoms with E-state index in [1.807, 2.05) is 36.5 Å². The van der Waals surface area contributed by atoms with Crippen LogP contribution < -0.4 is 10.6 Å². The van der Waals surface area contributed by atoms with E-state index in [4.69, 9.17) is 17.3 Å². The summed E-state index contributed by atoms with van der Waals surface area (Å²) in [5.74, 6) is 0. The fraction of sp³-hybridized carbons (Fsp3) is 0.250. The number of pyridine rings is 1. The van der Waals surface area contributed by atoms with Crippen molar-refractivity contribution >= 4 is 17.3 Å². The van der Waals surface area contributed by atoms with Crippen LogP contribution in [-0.2, 0) is 6.42 Å². The topological polar surface area (TPSA) is 57.2 Å². The van der Waals surface area contributed by atoms with Crippen LogP contribution in [-0.4, -0.2) is 28.4 Å². The van der Waals surface area contributed by atoms with E-state index in [1.165, 1.54) is 5.56 Å². The minimum absolute atomic E-state index is 0.0415. The second-order valence-electron chi connectivity index (χ2n) is 4.65. The van der Waals surface area contributed by atoms with E-state index in [2.05, 4.69) is 27.8 Å². The number of aromatic nitrogens is 1. The van der Waals surface area contributed by atoms with E-state index in [9.17, 15) is 0 Å². The summed E-state index contributed by atoms with van der Waals surface area (Å²) in [6, 6.07) is 14.2. The lowest BCUT2D eigenvalue weighted by Crippen LogP contribution is -2.39. The number of thiocarbonyl (C=S) groups is 1. The predicted molar refractivity (Wildman–Crippen MR) is 87.9 cm³/mol. The summed E-state index contributed by atoms with van der Waals surface area (Å²) in [4.78, 5) is 4.17. The van der Waals surface area contributed by atoms with E-state index < -0.39 is 0 Å². The average molecular weight is 301 g/mol.